The Hall–Kier alpha value is -1.27. The minimum Gasteiger partial charge on any atom is -0.398 e. The number of unbranched alkanes of at least 4 members (excludes halogenated alkanes) is 1. The van der Waals surface area contributed by atoms with Crippen molar-refractivity contribution < 1.29 is 13.2 Å². The van der Waals surface area contributed by atoms with Gasteiger partial charge in [0.2, 0.25) is 5.91 Å². The van der Waals surface area contributed by atoms with Crippen molar-refractivity contribution in [3.05, 3.63) is 23.2 Å². The third-order valence-electron chi connectivity index (χ3n) is 2.95. The Morgan fingerprint density at radius 1 is 1.45 bits per heavy atom. The third kappa shape index (κ3) is 3.64. The molecule has 0 fully saturated rings. The maximum atomic E-state index is 12.4. The largest absolute Gasteiger partial charge is 0.398 e. The summed E-state index contributed by atoms with van der Waals surface area (Å²) in [5, 5.41) is 1.39. The monoisotopic (exact) mass is 318 g/mol. The van der Waals surface area contributed by atoms with Crippen LogP contribution in [0, 0.1) is 0 Å². The van der Waals surface area contributed by atoms with Gasteiger partial charge in [-0.3, -0.25) is 4.79 Å². The molecule has 3 N–H and O–H groups in total. The van der Waals surface area contributed by atoms with Crippen molar-refractivity contribution in [3.8, 4) is 0 Å². The second kappa shape index (κ2) is 6.95. The Morgan fingerprint density at radius 3 is 2.65 bits per heavy atom. The van der Waals surface area contributed by atoms with Crippen LogP contribution in [0.15, 0.2) is 23.1 Å². The molecule has 0 aliphatic heterocycles. The molecule has 0 radical (unpaired) electrons. The van der Waals surface area contributed by atoms with E-state index in [0.717, 1.165) is 12.8 Å². The quantitative estimate of drug-likeness (QED) is 0.620. The summed E-state index contributed by atoms with van der Waals surface area (Å²) in [5.74, 6) is -0.544. The molecule has 1 rings (SSSR count). The molecule has 0 spiro atoms. The topological polar surface area (TPSA) is 89.3 Å². The number of carbonyl (C=O) groups excluding carboxylic acids is 1. The van der Waals surface area contributed by atoms with Crippen LogP contribution in [0.25, 0.3) is 0 Å². The Morgan fingerprint density at radius 2 is 2.10 bits per heavy atom. The first-order valence-corrected chi connectivity index (χ1v) is 8.30. The average Bonchev–Trinajstić information content (AvgIpc) is 2.37. The average molecular weight is 319 g/mol. The number of hydrogen-bond acceptors (Lipinski definition) is 4. The molecule has 0 heterocycles. The second-order valence-electron chi connectivity index (χ2n) is 4.49. The van der Waals surface area contributed by atoms with Gasteiger partial charge in [-0.25, -0.2) is 8.42 Å². The minimum absolute atomic E-state index is 0.0261. The summed E-state index contributed by atoms with van der Waals surface area (Å²) in [7, 11) is -3.91. The minimum atomic E-state index is -3.91. The van der Waals surface area contributed by atoms with Gasteiger partial charge >= 0.3 is 0 Å². The van der Waals surface area contributed by atoms with Crippen molar-refractivity contribution in [1.82, 2.24) is 5.32 Å². The maximum absolute atomic E-state index is 12.4. The predicted molar refractivity (Wildman–Crippen MR) is 80.4 cm³/mol. The van der Waals surface area contributed by atoms with Crippen LogP contribution in [0.2, 0.25) is 5.02 Å². The van der Waals surface area contributed by atoms with Crippen LogP contribution in [0.3, 0.4) is 0 Å². The van der Waals surface area contributed by atoms with Crippen LogP contribution >= 0.6 is 11.6 Å². The predicted octanol–water partition coefficient (Wildman–Crippen LogP) is 2.00. The van der Waals surface area contributed by atoms with Crippen LogP contribution in [0.1, 0.15) is 26.7 Å². The summed E-state index contributed by atoms with van der Waals surface area (Å²) in [6.07, 6.45) is 1.71. The summed E-state index contributed by atoms with van der Waals surface area (Å²) in [6.45, 7) is 3.77. The molecule has 0 saturated carbocycles. The summed E-state index contributed by atoms with van der Waals surface area (Å²) < 4.78 is 24.8. The molecular formula is C13H19ClN2O3S. The van der Waals surface area contributed by atoms with Crippen LogP contribution in [-0.2, 0) is 14.6 Å². The first kappa shape index (κ1) is 16.8. The zero-order chi connectivity index (χ0) is 15.3. The summed E-state index contributed by atoms with van der Waals surface area (Å²) in [5.41, 5.74) is 5.72. The number of carbonyl (C=O) groups is 1. The van der Waals surface area contributed by atoms with Crippen molar-refractivity contribution >= 4 is 33.0 Å². The van der Waals surface area contributed by atoms with E-state index in [0.29, 0.717) is 6.54 Å². The van der Waals surface area contributed by atoms with E-state index in [1.807, 2.05) is 6.92 Å². The number of nitrogen functional groups attached to an aromatic ring is 1. The van der Waals surface area contributed by atoms with E-state index in [9.17, 15) is 13.2 Å². The van der Waals surface area contributed by atoms with E-state index < -0.39 is 21.0 Å². The van der Waals surface area contributed by atoms with Gasteiger partial charge in [0.05, 0.1) is 10.7 Å². The summed E-state index contributed by atoms with van der Waals surface area (Å²) >= 11 is 5.90. The Labute approximate surface area is 124 Å². The highest BCUT2D eigenvalue weighted by atomic mass is 35.5. The van der Waals surface area contributed by atoms with E-state index in [2.05, 4.69) is 5.32 Å². The lowest BCUT2D eigenvalue weighted by atomic mass is 10.3. The number of anilines is 1. The standard InChI is InChI=1S/C13H19ClN2O3S/c1-3-4-8-16-13(17)9(2)20(18,19)12-10(14)6-5-7-11(12)15/h5-7,9H,3-4,8,15H2,1-2H3,(H,16,17). The highest BCUT2D eigenvalue weighted by molar-refractivity contribution is 7.93. The van der Waals surface area contributed by atoms with Crippen molar-refractivity contribution in [1.29, 1.82) is 0 Å². The molecule has 0 aromatic heterocycles. The zero-order valence-corrected chi connectivity index (χ0v) is 13.1. The van der Waals surface area contributed by atoms with E-state index in [4.69, 9.17) is 17.3 Å². The molecule has 0 bridgehead atoms. The molecule has 0 saturated heterocycles. The van der Waals surface area contributed by atoms with Crippen molar-refractivity contribution in [2.24, 2.45) is 0 Å². The molecule has 0 aliphatic rings. The van der Waals surface area contributed by atoms with E-state index in [1.54, 1.807) is 6.07 Å². The molecular weight excluding hydrogens is 300 g/mol. The van der Waals surface area contributed by atoms with Crippen LogP contribution < -0.4 is 11.1 Å². The van der Waals surface area contributed by atoms with Crippen LogP contribution in [-0.4, -0.2) is 26.1 Å². The lowest BCUT2D eigenvalue weighted by Gasteiger charge is -2.15. The van der Waals surface area contributed by atoms with Gasteiger partial charge in [-0.15, -0.1) is 0 Å². The van der Waals surface area contributed by atoms with E-state index in [-0.39, 0.29) is 15.6 Å². The molecule has 1 unspecified atom stereocenters. The van der Waals surface area contributed by atoms with E-state index >= 15 is 0 Å². The van der Waals surface area contributed by atoms with Gasteiger partial charge in [-0.2, -0.15) is 0 Å². The Kier molecular flexibility index (Phi) is 5.83. The molecule has 1 atom stereocenters. The molecule has 1 aromatic rings. The van der Waals surface area contributed by atoms with Gasteiger partial charge in [-0.05, 0) is 25.5 Å². The number of halogens is 1. The number of hydrogen-bond donors (Lipinski definition) is 2. The van der Waals surface area contributed by atoms with Crippen LogP contribution in [0.4, 0.5) is 5.69 Å². The molecule has 7 heteroatoms. The van der Waals surface area contributed by atoms with Gasteiger partial charge in [0.15, 0.2) is 9.84 Å². The second-order valence-corrected chi connectivity index (χ2v) is 7.10. The van der Waals surface area contributed by atoms with Crippen LogP contribution in [0.5, 0.6) is 0 Å². The fraction of sp³-hybridized carbons (Fsp3) is 0.462. The van der Waals surface area contributed by atoms with Crippen molar-refractivity contribution in [3.63, 3.8) is 0 Å². The zero-order valence-electron chi connectivity index (χ0n) is 11.5. The number of nitrogens with two attached hydrogens (primary N) is 1. The van der Waals surface area contributed by atoms with Gasteiger partial charge in [0.1, 0.15) is 10.1 Å². The molecule has 112 valence electrons. The summed E-state index contributed by atoms with van der Waals surface area (Å²) in [6, 6.07) is 4.44. The Balaban J connectivity index is 3.01. The number of benzene rings is 1. The smallest absolute Gasteiger partial charge is 0.238 e. The first-order chi connectivity index (χ1) is 9.32. The summed E-state index contributed by atoms with van der Waals surface area (Å²) in [4.78, 5) is 11.7. The fourth-order valence-electron chi connectivity index (χ4n) is 1.68. The lowest BCUT2D eigenvalue weighted by molar-refractivity contribution is -0.120. The molecule has 20 heavy (non-hydrogen) atoms. The highest BCUT2D eigenvalue weighted by Crippen LogP contribution is 2.30. The number of amides is 1. The SMILES string of the molecule is CCCCNC(=O)C(C)S(=O)(=O)c1c(N)cccc1Cl. The van der Waals surface area contributed by atoms with Gasteiger partial charge in [-0.1, -0.05) is 31.0 Å². The molecule has 5 nitrogen and oxygen atoms in total. The van der Waals surface area contributed by atoms with Crippen molar-refractivity contribution in [2.45, 2.75) is 36.8 Å². The normalized spacial score (nSPS) is 12.9. The third-order valence-corrected chi connectivity index (χ3v) is 5.54. The van der Waals surface area contributed by atoms with E-state index in [1.165, 1.54) is 19.1 Å². The van der Waals surface area contributed by atoms with Gasteiger partial charge in [0, 0.05) is 6.54 Å². The van der Waals surface area contributed by atoms with Gasteiger partial charge in [0.25, 0.3) is 0 Å². The van der Waals surface area contributed by atoms with Gasteiger partial charge < -0.3 is 11.1 Å². The first-order valence-electron chi connectivity index (χ1n) is 6.38. The molecule has 0 aliphatic carbocycles. The molecule has 1 aromatic carbocycles. The van der Waals surface area contributed by atoms with Crippen molar-refractivity contribution in [2.75, 3.05) is 12.3 Å². The highest BCUT2D eigenvalue weighted by Gasteiger charge is 2.32. The number of sulfone groups is 1. The fourth-order valence-corrected chi connectivity index (χ4v) is 3.64. The Bertz CT molecular complexity index is 567. The molecule has 1 amide bonds. The maximum Gasteiger partial charge on any atom is 0.238 e. The number of rotatable bonds is 6. The lowest BCUT2D eigenvalue weighted by Crippen LogP contribution is -2.38. The number of nitrogens with one attached hydrogen (secondary N) is 1.